The molecule has 1 fully saturated rings. The van der Waals surface area contributed by atoms with Crippen LogP contribution in [0.1, 0.15) is 25.0 Å². The Morgan fingerprint density at radius 3 is 2.92 bits per heavy atom. The monoisotopic (exact) mass is 359 g/mol. The maximum absolute atomic E-state index is 13.0. The molecule has 4 heterocycles. The van der Waals surface area contributed by atoms with Gasteiger partial charge < -0.3 is 10.0 Å². The van der Waals surface area contributed by atoms with E-state index >= 15 is 0 Å². The average molecular weight is 359 g/mol. The van der Waals surface area contributed by atoms with Gasteiger partial charge in [0.05, 0.1) is 11.9 Å². The molecular formula is C18H19F2N5O. The molecule has 1 aliphatic rings. The first-order chi connectivity index (χ1) is 12.7. The molecule has 3 aromatic rings. The Kier molecular flexibility index (Phi) is 4.50. The summed E-state index contributed by atoms with van der Waals surface area (Å²) in [6.07, 6.45) is 2.71. The van der Waals surface area contributed by atoms with Gasteiger partial charge in [0.25, 0.3) is 6.43 Å². The zero-order valence-electron chi connectivity index (χ0n) is 14.1. The number of hydrogen-bond donors (Lipinski definition) is 1. The summed E-state index contributed by atoms with van der Waals surface area (Å²) in [6.45, 7) is 1.81. The number of aliphatic hydroxyl groups is 1. The van der Waals surface area contributed by atoms with E-state index in [2.05, 4.69) is 20.0 Å². The highest BCUT2D eigenvalue weighted by Gasteiger charge is 2.21. The molecule has 0 spiro atoms. The topological polar surface area (TPSA) is 66.5 Å². The Hall–Kier alpha value is -2.61. The smallest absolute Gasteiger partial charge is 0.282 e. The van der Waals surface area contributed by atoms with E-state index in [1.54, 1.807) is 12.4 Å². The standard InChI is InChI=1S/C18H19F2N5O/c19-18(20)14-3-4-16-22-9-15(25(16)23-14)13-5-6-21-17(8-13)24-7-1-2-12(10-24)11-26/h3-6,8-9,12,18,26H,1-2,7,10-11H2. The lowest BCUT2D eigenvalue weighted by Crippen LogP contribution is -2.37. The molecular weight excluding hydrogens is 340 g/mol. The number of halogens is 2. The molecule has 1 unspecified atom stereocenters. The molecule has 0 aliphatic carbocycles. The summed E-state index contributed by atoms with van der Waals surface area (Å²) in [5, 5.41) is 13.4. The van der Waals surface area contributed by atoms with Gasteiger partial charge in [-0.15, -0.1) is 0 Å². The minimum absolute atomic E-state index is 0.170. The SMILES string of the molecule is OCC1CCCN(c2cc(-c3cnc4ccc(C(F)F)nn34)ccn2)C1. The number of piperidine rings is 1. The second-order valence-corrected chi connectivity index (χ2v) is 6.51. The van der Waals surface area contributed by atoms with Gasteiger partial charge in [-0.1, -0.05) is 0 Å². The number of aliphatic hydroxyl groups excluding tert-OH is 1. The van der Waals surface area contributed by atoms with Gasteiger partial charge in [0.1, 0.15) is 11.5 Å². The molecule has 1 atom stereocenters. The van der Waals surface area contributed by atoms with Crippen LogP contribution >= 0.6 is 0 Å². The lowest BCUT2D eigenvalue weighted by molar-refractivity contribution is 0.144. The highest BCUT2D eigenvalue weighted by molar-refractivity contribution is 5.66. The Bertz CT molecular complexity index is 913. The Labute approximate surface area is 149 Å². The molecule has 0 aromatic carbocycles. The zero-order valence-corrected chi connectivity index (χ0v) is 14.1. The molecule has 0 bridgehead atoms. The number of alkyl halides is 2. The number of rotatable bonds is 4. The lowest BCUT2D eigenvalue weighted by Gasteiger charge is -2.32. The largest absolute Gasteiger partial charge is 0.396 e. The van der Waals surface area contributed by atoms with Gasteiger partial charge in [0.15, 0.2) is 5.65 Å². The van der Waals surface area contributed by atoms with Crippen LogP contribution in [0.2, 0.25) is 0 Å². The summed E-state index contributed by atoms with van der Waals surface area (Å²) in [5.74, 6) is 1.06. The number of nitrogens with zero attached hydrogens (tertiary/aromatic N) is 5. The molecule has 6 nitrogen and oxygen atoms in total. The van der Waals surface area contributed by atoms with Gasteiger partial charge in [-0.05, 0) is 43.0 Å². The fourth-order valence-electron chi connectivity index (χ4n) is 3.37. The first-order valence-corrected chi connectivity index (χ1v) is 8.61. The summed E-state index contributed by atoms with van der Waals surface area (Å²) in [4.78, 5) is 10.8. The molecule has 26 heavy (non-hydrogen) atoms. The zero-order chi connectivity index (χ0) is 18.1. The van der Waals surface area contributed by atoms with E-state index in [4.69, 9.17) is 0 Å². The molecule has 1 aliphatic heterocycles. The van der Waals surface area contributed by atoms with Crippen LogP contribution in [0.15, 0.2) is 36.7 Å². The van der Waals surface area contributed by atoms with Crippen molar-refractivity contribution < 1.29 is 13.9 Å². The first-order valence-electron chi connectivity index (χ1n) is 8.61. The third-order valence-electron chi connectivity index (χ3n) is 4.75. The van der Waals surface area contributed by atoms with Gasteiger partial charge in [-0.2, -0.15) is 5.10 Å². The predicted molar refractivity (Wildman–Crippen MR) is 93.2 cm³/mol. The van der Waals surface area contributed by atoms with E-state index in [-0.39, 0.29) is 18.2 Å². The Morgan fingerprint density at radius 2 is 2.12 bits per heavy atom. The maximum atomic E-state index is 13.0. The molecule has 8 heteroatoms. The summed E-state index contributed by atoms with van der Waals surface area (Å²) < 4.78 is 27.4. The number of fused-ring (bicyclic) bond motifs is 1. The van der Waals surface area contributed by atoms with Gasteiger partial charge >= 0.3 is 0 Å². The quantitative estimate of drug-likeness (QED) is 0.776. The number of aromatic nitrogens is 4. The van der Waals surface area contributed by atoms with Crippen LogP contribution in [0.3, 0.4) is 0 Å². The van der Waals surface area contributed by atoms with Crippen molar-refractivity contribution in [2.24, 2.45) is 5.92 Å². The second-order valence-electron chi connectivity index (χ2n) is 6.51. The second kappa shape index (κ2) is 6.95. The van der Waals surface area contributed by atoms with Crippen LogP contribution in [0, 0.1) is 5.92 Å². The minimum Gasteiger partial charge on any atom is -0.396 e. The fourth-order valence-corrected chi connectivity index (χ4v) is 3.37. The van der Waals surface area contributed by atoms with E-state index in [0.717, 1.165) is 37.3 Å². The molecule has 0 saturated carbocycles. The van der Waals surface area contributed by atoms with Crippen LogP contribution in [0.5, 0.6) is 0 Å². The highest BCUT2D eigenvalue weighted by atomic mass is 19.3. The van der Waals surface area contributed by atoms with Gasteiger partial charge in [-0.25, -0.2) is 23.3 Å². The fraction of sp³-hybridized carbons (Fsp3) is 0.389. The maximum Gasteiger partial charge on any atom is 0.282 e. The first kappa shape index (κ1) is 16.8. The third kappa shape index (κ3) is 3.12. The number of pyridine rings is 1. The van der Waals surface area contributed by atoms with Crippen LogP contribution in [-0.2, 0) is 0 Å². The Morgan fingerprint density at radius 1 is 1.23 bits per heavy atom. The molecule has 1 saturated heterocycles. The normalized spacial score (nSPS) is 18.0. The predicted octanol–water partition coefficient (Wildman–Crippen LogP) is 2.94. The summed E-state index contributed by atoms with van der Waals surface area (Å²) in [6, 6.07) is 6.56. The van der Waals surface area contributed by atoms with Gasteiger partial charge in [0, 0.05) is 31.5 Å². The Balaban J connectivity index is 1.70. The minimum atomic E-state index is -2.63. The number of imidazole rings is 1. The third-order valence-corrected chi connectivity index (χ3v) is 4.75. The van der Waals surface area contributed by atoms with Crippen molar-refractivity contribution in [3.05, 3.63) is 42.4 Å². The van der Waals surface area contributed by atoms with E-state index < -0.39 is 6.43 Å². The van der Waals surface area contributed by atoms with Gasteiger partial charge in [-0.3, -0.25) is 0 Å². The molecule has 136 valence electrons. The highest BCUT2D eigenvalue weighted by Crippen LogP contribution is 2.27. The summed E-state index contributed by atoms with van der Waals surface area (Å²) in [5.41, 5.74) is 1.68. The van der Waals surface area contributed by atoms with Crippen molar-refractivity contribution in [1.82, 2.24) is 19.6 Å². The van der Waals surface area contributed by atoms with E-state index in [9.17, 15) is 13.9 Å². The molecule has 1 N–H and O–H groups in total. The summed E-state index contributed by atoms with van der Waals surface area (Å²) in [7, 11) is 0. The van der Waals surface area contributed by atoms with Crippen LogP contribution in [-0.4, -0.2) is 44.4 Å². The van der Waals surface area contributed by atoms with Crippen molar-refractivity contribution >= 4 is 11.5 Å². The van der Waals surface area contributed by atoms with Crippen LogP contribution in [0.25, 0.3) is 16.9 Å². The van der Waals surface area contributed by atoms with Crippen molar-refractivity contribution in [3.8, 4) is 11.3 Å². The van der Waals surface area contributed by atoms with Crippen LogP contribution < -0.4 is 4.90 Å². The van der Waals surface area contributed by atoms with Gasteiger partial charge in [0.2, 0.25) is 0 Å². The summed E-state index contributed by atoms with van der Waals surface area (Å²) >= 11 is 0. The lowest BCUT2D eigenvalue weighted by atomic mass is 9.99. The average Bonchev–Trinajstić information content (AvgIpc) is 3.11. The molecule has 0 amide bonds. The number of anilines is 1. The van der Waals surface area contributed by atoms with E-state index in [1.165, 1.54) is 16.6 Å². The number of hydrogen-bond acceptors (Lipinski definition) is 5. The van der Waals surface area contributed by atoms with Crippen molar-refractivity contribution in [2.45, 2.75) is 19.3 Å². The van der Waals surface area contributed by atoms with E-state index in [0.29, 0.717) is 11.3 Å². The molecule has 4 rings (SSSR count). The van der Waals surface area contributed by atoms with Crippen molar-refractivity contribution in [2.75, 3.05) is 24.6 Å². The molecule has 0 radical (unpaired) electrons. The van der Waals surface area contributed by atoms with Crippen molar-refractivity contribution in [3.63, 3.8) is 0 Å². The van der Waals surface area contributed by atoms with Crippen molar-refractivity contribution in [1.29, 1.82) is 0 Å². The van der Waals surface area contributed by atoms with E-state index in [1.807, 2.05) is 12.1 Å². The van der Waals surface area contributed by atoms with Crippen LogP contribution in [0.4, 0.5) is 14.6 Å². The molecule has 3 aromatic heterocycles.